The number of carbonyl (C=O) groups is 7. The molecule has 2 aliphatic carbocycles. The number of nitrogens with zero attached hydrogens (tertiary/aromatic N) is 2. The summed E-state index contributed by atoms with van der Waals surface area (Å²) in [4.78, 5) is 105. The minimum absolute atomic E-state index is 0. The zero-order valence-corrected chi connectivity index (χ0v) is 58.4. The predicted molar refractivity (Wildman–Crippen MR) is 325 cm³/mol. The Labute approximate surface area is 513 Å². The minimum Gasteiger partial charge on any atom is -0.481 e. The van der Waals surface area contributed by atoms with Gasteiger partial charge in [0, 0.05) is 59.6 Å². The summed E-state index contributed by atoms with van der Waals surface area (Å²) in [6, 6.07) is 0. The summed E-state index contributed by atoms with van der Waals surface area (Å²) in [7, 11) is 0. The van der Waals surface area contributed by atoms with Gasteiger partial charge in [-0.25, -0.2) is 19.4 Å². The molecule has 83 heavy (non-hydrogen) atoms. The van der Waals surface area contributed by atoms with Gasteiger partial charge in [-0.05, 0) is 112 Å². The monoisotopic (exact) mass is 1230 g/mol. The fourth-order valence-electron chi connectivity index (χ4n) is 11.7. The predicted octanol–water partition coefficient (Wildman–Crippen LogP) is 13.3. The second kappa shape index (κ2) is 27.4. The van der Waals surface area contributed by atoms with E-state index in [2.05, 4.69) is 100 Å². The van der Waals surface area contributed by atoms with Gasteiger partial charge in [-0.1, -0.05) is 159 Å². The second-order valence-electron chi connectivity index (χ2n) is 30.6. The van der Waals surface area contributed by atoms with Gasteiger partial charge in [-0.2, -0.15) is 0 Å². The Morgan fingerprint density at radius 3 is 1.49 bits per heavy atom. The molecule has 462 valence electrons. The summed E-state index contributed by atoms with van der Waals surface area (Å²) in [5, 5.41) is 24.2. The number of carboxylic acids is 2. The van der Waals surface area contributed by atoms with E-state index in [1.807, 2.05) is 27.7 Å². The van der Waals surface area contributed by atoms with Gasteiger partial charge in [0.25, 0.3) is 0 Å². The number of esters is 3. The minimum atomic E-state index is -1.18. The van der Waals surface area contributed by atoms with Crippen molar-refractivity contribution < 1.29 is 77.5 Å². The summed E-state index contributed by atoms with van der Waals surface area (Å²) in [6.45, 7) is 49.2. The summed E-state index contributed by atoms with van der Waals surface area (Å²) in [5.41, 5.74) is -1.22. The van der Waals surface area contributed by atoms with Gasteiger partial charge in [0.1, 0.15) is 34.8 Å². The number of aliphatic imine (C=N–C) groups is 1. The van der Waals surface area contributed by atoms with Crippen LogP contribution >= 0.6 is 11.8 Å². The zero-order valence-electron chi connectivity index (χ0n) is 54.6. The van der Waals surface area contributed by atoms with Crippen LogP contribution in [0.2, 0.25) is 0 Å². The molecular formula is C65H101N4O12SZn-. The number of ether oxygens (including phenoxy) is 3. The molecule has 2 amide bonds. The average Bonchev–Trinajstić information content (AvgIpc) is 3.51. The number of allylic oxidation sites excluding steroid dienone is 1. The van der Waals surface area contributed by atoms with E-state index in [0.29, 0.717) is 59.5 Å². The smallest absolute Gasteiger partial charge is 0.342 e. The van der Waals surface area contributed by atoms with E-state index in [-0.39, 0.29) is 113 Å². The van der Waals surface area contributed by atoms with Crippen LogP contribution in [0, 0.1) is 73.9 Å². The number of carboxylic acid groups (broad SMARTS) is 2. The van der Waals surface area contributed by atoms with Gasteiger partial charge >= 0.3 is 29.8 Å². The first-order valence-electron chi connectivity index (χ1n) is 29.4. The maximum absolute atomic E-state index is 15.5. The molecule has 1 aromatic heterocycles. The van der Waals surface area contributed by atoms with E-state index < -0.39 is 81.3 Å². The van der Waals surface area contributed by atoms with Gasteiger partial charge in [-0.3, -0.25) is 19.2 Å². The summed E-state index contributed by atoms with van der Waals surface area (Å²) < 4.78 is 19.5. The Hall–Kier alpha value is -4.57. The number of anilines is 1. The Morgan fingerprint density at radius 1 is 0.675 bits per heavy atom. The molecule has 3 aliphatic rings. The van der Waals surface area contributed by atoms with Crippen LogP contribution in [-0.4, -0.2) is 87.5 Å². The Bertz CT molecular complexity index is 2640. The average molecular weight is 1230 g/mol. The van der Waals surface area contributed by atoms with Crippen LogP contribution in [0.25, 0.3) is 6.08 Å². The van der Waals surface area contributed by atoms with Crippen LogP contribution in [0.5, 0.6) is 0 Å². The first kappa shape index (κ1) is 72.7. The number of amidine groups is 1. The van der Waals surface area contributed by atoms with Crippen molar-refractivity contribution in [3.8, 4) is 0 Å². The van der Waals surface area contributed by atoms with E-state index in [1.54, 1.807) is 54.5 Å². The van der Waals surface area contributed by atoms with E-state index in [4.69, 9.17) is 24.2 Å². The third kappa shape index (κ3) is 18.7. The number of nitrogens with one attached hydrogen (secondary N) is 2. The van der Waals surface area contributed by atoms with Crippen LogP contribution in [0.4, 0.5) is 5.82 Å². The van der Waals surface area contributed by atoms with E-state index >= 15 is 9.59 Å². The van der Waals surface area contributed by atoms with E-state index in [0.717, 1.165) is 11.8 Å². The molecule has 0 saturated heterocycles. The van der Waals surface area contributed by atoms with Crippen LogP contribution < -0.4 is 15.6 Å². The van der Waals surface area contributed by atoms with Gasteiger partial charge in [-0.15, -0.1) is 11.8 Å². The van der Waals surface area contributed by atoms with Gasteiger partial charge < -0.3 is 40.0 Å². The number of rotatable bonds is 17. The molecule has 2 saturated carbocycles. The van der Waals surface area contributed by atoms with Crippen molar-refractivity contribution in [2.45, 2.75) is 215 Å². The largest absolute Gasteiger partial charge is 0.481 e. The molecule has 4 N–H and O–H groups in total. The fraction of sp³-hybridized carbons (Fsp3) is 0.723. The Morgan fingerprint density at radius 2 is 1.11 bits per heavy atom. The zero-order chi connectivity index (χ0) is 62.9. The SMILES string of the molecule is C=C(C)C(=O)OCC1CC(C(C)(C)C)C(OC(=O)C2=C(C(C)C)C(=Cc3[n-]c(NC(=O)C(C)(C)C)c(C(=O)OC4C(C(C)(C)C)CC(CSC(CC(=O)O)C(=O)O)CC4C(C)(C)C)c3C(C)C)N=C2NC(=O)C(C)(C)C)C(C(C)(C)C)C1.[Zn]. The van der Waals surface area contributed by atoms with Crippen LogP contribution in [0.15, 0.2) is 34.0 Å². The van der Waals surface area contributed by atoms with Crippen LogP contribution in [0.1, 0.15) is 219 Å². The first-order chi connectivity index (χ1) is 37.2. The van der Waals surface area contributed by atoms with Crippen molar-refractivity contribution in [2.75, 3.05) is 17.7 Å². The van der Waals surface area contributed by atoms with Gasteiger partial charge in [0.2, 0.25) is 5.91 Å². The molecule has 0 spiro atoms. The molecule has 2 fully saturated rings. The molecule has 2 heterocycles. The maximum atomic E-state index is 15.5. The van der Waals surface area contributed by atoms with Crippen molar-refractivity contribution in [2.24, 2.45) is 78.9 Å². The van der Waals surface area contributed by atoms with Crippen molar-refractivity contribution in [1.29, 1.82) is 0 Å². The molecule has 18 heteroatoms. The number of aliphatic carboxylic acids is 2. The van der Waals surface area contributed by atoms with E-state index in [1.165, 1.54) is 0 Å². The molecule has 1 aromatic rings. The molecule has 0 radical (unpaired) electrons. The Kier molecular flexibility index (Phi) is 24.0. The molecule has 0 aromatic carbocycles. The van der Waals surface area contributed by atoms with E-state index in [9.17, 15) is 34.2 Å². The quantitative estimate of drug-likeness (QED) is 0.0491. The van der Waals surface area contributed by atoms with Crippen molar-refractivity contribution in [3.05, 3.63) is 45.8 Å². The van der Waals surface area contributed by atoms with Crippen molar-refractivity contribution >= 4 is 71.2 Å². The fourth-order valence-corrected chi connectivity index (χ4v) is 12.9. The number of aromatic nitrogens is 1. The number of hydrogen-bond acceptors (Lipinski definition) is 12. The number of carbonyl (C=O) groups excluding carboxylic acids is 5. The number of thioether (sulfide) groups is 1. The molecule has 0 bridgehead atoms. The molecule has 1 aliphatic heterocycles. The molecule has 5 unspecified atom stereocenters. The number of hydrogen-bond donors (Lipinski definition) is 4. The van der Waals surface area contributed by atoms with Crippen molar-refractivity contribution in [1.82, 2.24) is 10.3 Å². The normalized spacial score (nSPS) is 23.7. The Balaban J connectivity index is 0.0000181. The standard InChI is InChI=1S/C65H102N4O12S.Zn/c1-33(2)46-42(66-52(68-58(77)64(19,20)21)48(46)56(75)80-50-38(60(7,8)9)25-36(26-39(50)61(10,11)12)31-79-55(74)35(5)6)29-43-47(34(3)4)49(53(67-43)69-59(78)65(22,23)24)57(76)81-51-40(62(13,14)15)27-37(28-41(51)63(16,17)18)32-82-44(54(72)73)30-45(70)71;/h29,33-34,36-41,44,50-51H,5,25-28,30-32H2,1-4,6-24H3,(H5,66,67,68,69,70,71,72,73,75,76,77,78);/p-1. The van der Waals surface area contributed by atoms with Crippen LogP contribution in [0.3, 0.4) is 0 Å². The van der Waals surface area contributed by atoms with Crippen LogP contribution in [-0.2, 0) is 62.5 Å². The summed E-state index contributed by atoms with van der Waals surface area (Å²) in [5.74, 6) is -6.00. The molecular weight excluding hydrogens is 1130 g/mol. The molecule has 16 nitrogen and oxygen atoms in total. The molecule has 4 rings (SSSR count). The topological polar surface area (TPSA) is 238 Å². The molecule has 5 atom stereocenters. The third-order valence-electron chi connectivity index (χ3n) is 16.5. The summed E-state index contributed by atoms with van der Waals surface area (Å²) >= 11 is 1.14. The third-order valence-corrected chi connectivity index (χ3v) is 18.0. The van der Waals surface area contributed by atoms with Gasteiger partial charge in [0.15, 0.2) is 0 Å². The van der Waals surface area contributed by atoms with Gasteiger partial charge in [0.05, 0.1) is 24.3 Å². The van der Waals surface area contributed by atoms with Crippen molar-refractivity contribution in [3.63, 3.8) is 0 Å². The second-order valence-corrected chi connectivity index (χ2v) is 31.8. The first-order valence-corrected chi connectivity index (χ1v) is 30.4. The summed E-state index contributed by atoms with van der Waals surface area (Å²) in [6.07, 6.45) is 2.41. The maximum Gasteiger partial charge on any atom is 0.342 e. The number of amides is 2.